The number of nitrogens with two attached hydrogens (primary N) is 1. The van der Waals surface area contributed by atoms with Gasteiger partial charge in [0, 0.05) is 11.9 Å². The average Bonchev–Trinajstić information content (AvgIpc) is 2.54. The topological polar surface area (TPSA) is 89.3 Å². The van der Waals surface area contributed by atoms with Gasteiger partial charge in [-0.25, -0.2) is 9.78 Å². The van der Waals surface area contributed by atoms with Crippen LogP contribution in [-0.4, -0.2) is 23.0 Å². The lowest BCUT2D eigenvalue weighted by Crippen LogP contribution is -2.16. The van der Waals surface area contributed by atoms with Crippen molar-refractivity contribution in [3.05, 3.63) is 48.0 Å². The smallest absolute Gasteiger partial charge is 0.411 e. The highest BCUT2D eigenvalue weighted by molar-refractivity contribution is 9.09. The zero-order valence-electron chi connectivity index (χ0n) is 11.9. The van der Waals surface area contributed by atoms with Crippen LogP contribution in [0.1, 0.15) is 5.56 Å². The van der Waals surface area contributed by atoms with Gasteiger partial charge in [-0.1, -0.05) is 46.3 Å². The number of alkyl halides is 1. The quantitative estimate of drug-likeness (QED) is 0.684. The predicted molar refractivity (Wildman–Crippen MR) is 91.2 cm³/mol. The van der Waals surface area contributed by atoms with Crippen LogP contribution in [0.15, 0.2) is 42.5 Å². The molecule has 6 nitrogen and oxygen atoms in total. The van der Waals surface area contributed by atoms with Crippen molar-refractivity contribution in [1.82, 2.24) is 4.98 Å². The van der Waals surface area contributed by atoms with E-state index in [4.69, 9.17) is 10.5 Å². The number of aromatic nitrogens is 1. The van der Waals surface area contributed by atoms with Crippen LogP contribution in [-0.2, 0) is 11.3 Å². The molecular weight excluding hydrogens is 348 g/mol. The number of ether oxygens (including phenoxy) is 1. The van der Waals surface area contributed by atoms with Gasteiger partial charge in [-0.2, -0.15) is 0 Å². The Hall–Kier alpha value is -2.28. The number of hydrogen-bond donors (Lipinski definition) is 3. The largest absolute Gasteiger partial charge is 0.448 e. The third-order valence-electron chi connectivity index (χ3n) is 2.79. The fourth-order valence-corrected chi connectivity index (χ4v) is 1.91. The van der Waals surface area contributed by atoms with Crippen molar-refractivity contribution < 1.29 is 9.53 Å². The molecule has 7 heteroatoms. The molecule has 1 aromatic carbocycles. The Morgan fingerprint density at radius 2 is 2.00 bits per heavy atom. The highest BCUT2D eigenvalue weighted by Gasteiger charge is 2.07. The molecule has 0 saturated heterocycles. The second-order valence-electron chi connectivity index (χ2n) is 4.42. The molecule has 1 amide bonds. The van der Waals surface area contributed by atoms with Crippen molar-refractivity contribution in [2.24, 2.45) is 0 Å². The van der Waals surface area contributed by atoms with Crippen molar-refractivity contribution in [3.63, 3.8) is 0 Å². The fraction of sp³-hybridized carbons (Fsp3) is 0.200. The van der Waals surface area contributed by atoms with Crippen molar-refractivity contribution in [1.29, 1.82) is 0 Å². The van der Waals surface area contributed by atoms with Crippen molar-refractivity contribution in [2.75, 3.05) is 28.3 Å². The van der Waals surface area contributed by atoms with Gasteiger partial charge in [0.1, 0.15) is 18.2 Å². The number of nitrogen functional groups attached to an aromatic ring is 1. The summed E-state index contributed by atoms with van der Waals surface area (Å²) in [6.45, 7) is 0.934. The van der Waals surface area contributed by atoms with E-state index >= 15 is 0 Å². The van der Waals surface area contributed by atoms with Crippen LogP contribution in [0.2, 0.25) is 0 Å². The molecule has 0 aliphatic heterocycles. The molecule has 0 atom stereocenters. The molecule has 0 fully saturated rings. The van der Waals surface area contributed by atoms with Crippen LogP contribution in [0, 0.1) is 0 Å². The Morgan fingerprint density at radius 3 is 2.68 bits per heavy atom. The van der Waals surface area contributed by atoms with Crippen LogP contribution < -0.4 is 16.4 Å². The number of amides is 1. The molecule has 1 heterocycles. The third kappa shape index (κ3) is 4.92. The average molecular weight is 365 g/mol. The maximum Gasteiger partial charge on any atom is 0.411 e. The van der Waals surface area contributed by atoms with E-state index in [2.05, 4.69) is 31.5 Å². The van der Waals surface area contributed by atoms with Gasteiger partial charge in [-0.15, -0.1) is 0 Å². The lowest BCUT2D eigenvalue weighted by atomic mass is 10.2. The summed E-state index contributed by atoms with van der Waals surface area (Å²) < 4.78 is 4.89. The maximum atomic E-state index is 11.5. The first-order chi connectivity index (χ1) is 10.7. The van der Waals surface area contributed by atoms with Crippen LogP contribution >= 0.6 is 15.9 Å². The number of anilines is 3. The lowest BCUT2D eigenvalue weighted by Gasteiger charge is -2.10. The van der Waals surface area contributed by atoms with Crippen molar-refractivity contribution >= 4 is 39.3 Å². The Balaban J connectivity index is 1.93. The van der Waals surface area contributed by atoms with Crippen molar-refractivity contribution in [3.8, 4) is 0 Å². The van der Waals surface area contributed by atoms with E-state index in [1.54, 1.807) is 12.1 Å². The van der Waals surface area contributed by atoms with Crippen LogP contribution in [0.4, 0.5) is 22.1 Å². The van der Waals surface area contributed by atoms with Gasteiger partial charge in [0.2, 0.25) is 0 Å². The van der Waals surface area contributed by atoms with E-state index in [0.717, 1.165) is 5.56 Å². The molecule has 1 aromatic heterocycles. The van der Waals surface area contributed by atoms with E-state index in [-0.39, 0.29) is 12.4 Å². The third-order valence-corrected chi connectivity index (χ3v) is 3.11. The summed E-state index contributed by atoms with van der Waals surface area (Å²) in [7, 11) is 0. The molecule has 116 valence electrons. The molecule has 0 unspecified atom stereocenters. The molecule has 0 saturated carbocycles. The summed E-state index contributed by atoms with van der Waals surface area (Å²) >= 11 is 3.17. The number of nitrogens with one attached hydrogen (secondary N) is 2. The Bertz CT molecular complexity index is 622. The second-order valence-corrected chi connectivity index (χ2v) is 5.21. The summed E-state index contributed by atoms with van der Waals surface area (Å²) in [6, 6.07) is 13.4. The van der Waals surface area contributed by atoms with Crippen LogP contribution in [0.5, 0.6) is 0 Å². The molecule has 0 bridgehead atoms. The van der Waals surface area contributed by atoms with E-state index in [0.29, 0.717) is 23.4 Å². The first kappa shape index (κ1) is 16.1. The number of carbonyl (C=O) groups excluding carboxylic acids is 1. The molecule has 0 spiro atoms. The standard InChI is InChI=1S/C15H17BrN4O2/c16-8-9-22-15(21)19-12-6-7-13(20-14(12)17)18-10-11-4-2-1-3-5-11/h1-7H,8-10H2,(H,19,21)(H3,17,18,20). The highest BCUT2D eigenvalue weighted by Crippen LogP contribution is 2.19. The lowest BCUT2D eigenvalue weighted by molar-refractivity contribution is 0.169. The summed E-state index contributed by atoms with van der Waals surface area (Å²) in [6.07, 6.45) is -0.557. The predicted octanol–water partition coefficient (Wildman–Crippen LogP) is 3.22. The van der Waals surface area contributed by atoms with Gasteiger partial charge in [-0.3, -0.25) is 5.32 Å². The minimum atomic E-state index is -0.557. The van der Waals surface area contributed by atoms with Gasteiger partial charge < -0.3 is 15.8 Å². The van der Waals surface area contributed by atoms with E-state index < -0.39 is 6.09 Å². The number of rotatable bonds is 6. The van der Waals surface area contributed by atoms with Crippen LogP contribution in [0.3, 0.4) is 0 Å². The molecule has 22 heavy (non-hydrogen) atoms. The van der Waals surface area contributed by atoms with Gasteiger partial charge in [0.25, 0.3) is 0 Å². The first-order valence-electron chi connectivity index (χ1n) is 6.73. The van der Waals surface area contributed by atoms with Crippen LogP contribution in [0.25, 0.3) is 0 Å². The number of halogens is 1. The Kier molecular flexibility index (Phi) is 6.02. The number of nitrogens with zero attached hydrogens (tertiary/aromatic N) is 1. The number of hydrogen-bond acceptors (Lipinski definition) is 5. The van der Waals surface area contributed by atoms with Gasteiger partial charge >= 0.3 is 6.09 Å². The monoisotopic (exact) mass is 364 g/mol. The van der Waals surface area contributed by atoms with Gasteiger partial charge in [0.05, 0.1) is 5.69 Å². The molecule has 2 aromatic rings. The summed E-state index contributed by atoms with van der Waals surface area (Å²) in [5.41, 5.74) is 7.40. The molecule has 0 radical (unpaired) electrons. The minimum absolute atomic E-state index is 0.230. The van der Waals surface area contributed by atoms with E-state index in [1.807, 2.05) is 30.3 Å². The summed E-state index contributed by atoms with van der Waals surface area (Å²) in [4.78, 5) is 15.7. The SMILES string of the molecule is Nc1nc(NCc2ccccc2)ccc1NC(=O)OCCBr. The maximum absolute atomic E-state index is 11.5. The first-order valence-corrected chi connectivity index (χ1v) is 7.85. The fourth-order valence-electron chi connectivity index (χ4n) is 1.74. The number of carbonyl (C=O) groups is 1. The second kappa shape index (κ2) is 8.23. The zero-order valence-corrected chi connectivity index (χ0v) is 13.5. The number of pyridine rings is 1. The van der Waals surface area contributed by atoms with Gasteiger partial charge in [0.15, 0.2) is 0 Å². The van der Waals surface area contributed by atoms with Crippen molar-refractivity contribution in [2.45, 2.75) is 6.54 Å². The minimum Gasteiger partial charge on any atom is -0.448 e. The molecular formula is C15H17BrN4O2. The molecule has 2 rings (SSSR count). The summed E-state index contributed by atoms with van der Waals surface area (Å²) in [5.74, 6) is 0.870. The summed E-state index contributed by atoms with van der Waals surface area (Å²) in [5, 5.41) is 6.30. The van der Waals surface area contributed by atoms with E-state index in [1.165, 1.54) is 0 Å². The normalized spacial score (nSPS) is 10.0. The number of benzene rings is 1. The van der Waals surface area contributed by atoms with Gasteiger partial charge in [-0.05, 0) is 17.7 Å². The highest BCUT2D eigenvalue weighted by atomic mass is 79.9. The molecule has 0 aliphatic carbocycles. The molecule has 0 aliphatic rings. The molecule has 4 N–H and O–H groups in total. The zero-order chi connectivity index (χ0) is 15.8. The Labute approximate surface area is 137 Å². The van der Waals surface area contributed by atoms with E-state index in [9.17, 15) is 4.79 Å². The Morgan fingerprint density at radius 1 is 1.23 bits per heavy atom.